The topological polar surface area (TPSA) is 29.5 Å². The number of likely N-dealkylation sites (tertiary alicyclic amines) is 1. The number of ether oxygens (including phenoxy) is 1. The van der Waals surface area contributed by atoms with Crippen molar-refractivity contribution in [2.45, 2.75) is 71.5 Å². The molecule has 0 aliphatic carbocycles. The highest BCUT2D eigenvalue weighted by Gasteiger charge is 2.33. The van der Waals surface area contributed by atoms with Crippen LogP contribution in [0.1, 0.15) is 53.4 Å². The molecule has 0 N–H and O–H groups in total. The van der Waals surface area contributed by atoms with Crippen molar-refractivity contribution in [2.75, 3.05) is 6.61 Å². The first kappa shape index (κ1) is 13.5. The second-order valence-electron chi connectivity index (χ2n) is 4.79. The number of carbonyl (C=O) groups is 1. The summed E-state index contributed by atoms with van der Waals surface area (Å²) in [4.78, 5) is 14.0. The molecule has 0 amide bonds. The summed E-state index contributed by atoms with van der Waals surface area (Å²) in [6.45, 7) is 8.97. The van der Waals surface area contributed by atoms with E-state index in [1.54, 1.807) is 0 Å². The second kappa shape index (κ2) is 6.24. The first-order chi connectivity index (χ1) is 7.60. The van der Waals surface area contributed by atoms with Crippen molar-refractivity contribution in [1.82, 2.24) is 4.90 Å². The van der Waals surface area contributed by atoms with Gasteiger partial charge in [0.05, 0.1) is 13.0 Å². The van der Waals surface area contributed by atoms with Crippen molar-refractivity contribution < 1.29 is 9.53 Å². The van der Waals surface area contributed by atoms with Gasteiger partial charge in [-0.2, -0.15) is 0 Å². The molecule has 0 bridgehead atoms. The molecule has 1 aliphatic rings. The molecule has 0 aromatic heterocycles. The monoisotopic (exact) mass is 227 g/mol. The molecule has 3 atom stereocenters. The van der Waals surface area contributed by atoms with Crippen LogP contribution in [0.5, 0.6) is 0 Å². The molecular formula is C13H25NO2. The van der Waals surface area contributed by atoms with E-state index in [1.807, 2.05) is 6.92 Å². The van der Waals surface area contributed by atoms with Crippen LogP contribution in [0.15, 0.2) is 0 Å². The fraction of sp³-hybridized carbons (Fsp3) is 0.923. The lowest BCUT2D eigenvalue weighted by Crippen LogP contribution is -2.42. The van der Waals surface area contributed by atoms with Crippen LogP contribution in [-0.4, -0.2) is 35.6 Å². The lowest BCUT2D eigenvalue weighted by Gasteiger charge is -2.33. The summed E-state index contributed by atoms with van der Waals surface area (Å²) >= 11 is 0. The maximum absolute atomic E-state index is 11.5. The molecule has 1 aliphatic heterocycles. The SMILES string of the molecule is CCOC(=O)CC(C)N1C(C)CCC1CC. The highest BCUT2D eigenvalue weighted by molar-refractivity contribution is 5.70. The minimum absolute atomic E-state index is 0.0658. The van der Waals surface area contributed by atoms with E-state index in [-0.39, 0.29) is 5.97 Å². The molecule has 3 unspecified atom stereocenters. The normalized spacial score (nSPS) is 28.0. The van der Waals surface area contributed by atoms with Gasteiger partial charge in [-0.3, -0.25) is 9.69 Å². The van der Waals surface area contributed by atoms with Crippen LogP contribution >= 0.6 is 0 Å². The Kier molecular flexibility index (Phi) is 5.26. The number of hydrogen-bond donors (Lipinski definition) is 0. The zero-order valence-electron chi connectivity index (χ0n) is 11.0. The number of esters is 1. The molecule has 3 heteroatoms. The Morgan fingerprint density at radius 3 is 2.69 bits per heavy atom. The number of nitrogens with zero attached hydrogens (tertiary/aromatic N) is 1. The van der Waals surface area contributed by atoms with E-state index in [0.29, 0.717) is 31.2 Å². The lowest BCUT2D eigenvalue weighted by atomic mass is 10.1. The van der Waals surface area contributed by atoms with E-state index in [1.165, 1.54) is 19.3 Å². The first-order valence-corrected chi connectivity index (χ1v) is 6.53. The molecule has 16 heavy (non-hydrogen) atoms. The van der Waals surface area contributed by atoms with E-state index in [2.05, 4.69) is 25.7 Å². The molecule has 1 fully saturated rings. The summed E-state index contributed by atoms with van der Waals surface area (Å²) in [5, 5.41) is 0. The molecule has 1 rings (SSSR count). The van der Waals surface area contributed by atoms with Crippen molar-refractivity contribution in [1.29, 1.82) is 0 Å². The van der Waals surface area contributed by atoms with Gasteiger partial charge >= 0.3 is 5.97 Å². The Hall–Kier alpha value is -0.570. The fourth-order valence-electron chi connectivity index (χ4n) is 2.87. The predicted molar refractivity (Wildman–Crippen MR) is 65.3 cm³/mol. The van der Waals surface area contributed by atoms with Gasteiger partial charge < -0.3 is 4.74 Å². The molecule has 0 spiro atoms. The van der Waals surface area contributed by atoms with E-state index < -0.39 is 0 Å². The standard InChI is InChI=1S/C13H25NO2/c1-5-12-8-7-10(3)14(12)11(4)9-13(15)16-6-2/h10-12H,5-9H2,1-4H3. The zero-order chi connectivity index (χ0) is 12.1. The van der Waals surface area contributed by atoms with Gasteiger partial charge in [0.2, 0.25) is 0 Å². The minimum Gasteiger partial charge on any atom is -0.466 e. The fourth-order valence-corrected chi connectivity index (χ4v) is 2.87. The van der Waals surface area contributed by atoms with Crippen molar-refractivity contribution >= 4 is 5.97 Å². The molecule has 0 saturated carbocycles. The van der Waals surface area contributed by atoms with Gasteiger partial charge in [-0.1, -0.05) is 6.92 Å². The van der Waals surface area contributed by atoms with Gasteiger partial charge in [-0.15, -0.1) is 0 Å². The Bertz CT molecular complexity index is 230. The summed E-state index contributed by atoms with van der Waals surface area (Å²) in [7, 11) is 0. The zero-order valence-corrected chi connectivity index (χ0v) is 11.0. The van der Waals surface area contributed by atoms with E-state index in [0.717, 1.165) is 0 Å². The van der Waals surface area contributed by atoms with Crippen molar-refractivity contribution in [3.8, 4) is 0 Å². The maximum atomic E-state index is 11.5. The Morgan fingerprint density at radius 2 is 2.12 bits per heavy atom. The first-order valence-electron chi connectivity index (χ1n) is 6.53. The average Bonchev–Trinajstić information content (AvgIpc) is 2.59. The van der Waals surface area contributed by atoms with Crippen LogP contribution in [0.2, 0.25) is 0 Å². The molecule has 3 nitrogen and oxygen atoms in total. The maximum Gasteiger partial charge on any atom is 0.307 e. The van der Waals surface area contributed by atoms with Gasteiger partial charge in [-0.25, -0.2) is 0 Å². The van der Waals surface area contributed by atoms with Crippen LogP contribution in [0.4, 0.5) is 0 Å². The predicted octanol–water partition coefficient (Wildman–Crippen LogP) is 2.59. The number of hydrogen-bond acceptors (Lipinski definition) is 3. The van der Waals surface area contributed by atoms with Gasteiger partial charge in [0, 0.05) is 18.1 Å². The minimum atomic E-state index is -0.0658. The highest BCUT2D eigenvalue weighted by Crippen LogP contribution is 2.29. The van der Waals surface area contributed by atoms with Crippen LogP contribution in [0.25, 0.3) is 0 Å². The second-order valence-corrected chi connectivity index (χ2v) is 4.79. The van der Waals surface area contributed by atoms with E-state index >= 15 is 0 Å². The van der Waals surface area contributed by atoms with Crippen molar-refractivity contribution in [3.63, 3.8) is 0 Å². The summed E-state index contributed by atoms with van der Waals surface area (Å²) < 4.78 is 5.01. The van der Waals surface area contributed by atoms with Gasteiger partial charge in [0.15, 0.2) is 0 Å². The molecule has 0 aromatic carbocycles. The molecule has 1 heterocycles. The third kappa shape index (κ3) is 3.21. The summed E-state index contributed by atoms with van der Waals surface area (Å²) in [6.07, 6.45) is 4.22. The molecule has 94 valence electrons. The van der Waals surface area contributed by atoms with Crippen LogP contribution in [0, 0.1) is 0 Å². The molecule has 1 saturated heterocycles. The summed E-state index contributed by atoms with van der Waals surface area (Å²) in [5.74, 6) is -0.0658. The highest BCUT2D eigenvalue weighted by atomic mass is 16.5. The number of carbonyl (C=O) groups excluding carboxylic acids is 1. The Morgan fingerprint density at radius 1 is 1.44 bits per heavy atom. The Labute approximate surface area is 99.1 Å². The largest absolute Gasteiger partial charge is 0.466 e. The quantitative estimate of drug-likeness (QED) is 0.676. The van der Waals surface area contributed by atoms with Crippen molar-refractivity contribution in [3.05, 3.63) is 0 Å². The summed E-state index contributed by atoms with van der Waals surface area (Å²) in [5.41, 5.74) is 0. The van der Waals surface area contributed by atoms with Gasteiger partial charge in [0.25, 0.3) is 0 Å². The smallest absolute Gasteiger partial charge is 0.307 e. The average molecular weight is 227 g/mol. The van der Waals surface area contributed by atoms with E-state index in [4.69, 9.17) is 4.74 Å². The number of rotatable bonds is 5. The van der Waals surface area contributed by atoms with Crippen LogP contribution in [0.3, 0.4) is 0 Å². The van der Waals surface area contributed by atoms with Crippen LogP contribution < -0.4 is 0 Å². The van der Waals surface area contributed by atoms with Crippen molar-refractivity contribution in [2.24, 2.45) is 0 Å². The van der Waals surface area contributed by atoms with Gasteiger partial charge in [0.1, 0.15) is 0 Å². The Balaban J connectivity index is 2.50. The lowest BCUT2D eigenvalue weighted by molar-refractivity contribution is -0.144. The molecule has 0 aromatic rings. The third-order valence-corrected chi connectivity index (χ3v) is 3.60. The summed E-state index contributed by atoms with van der Waals surface area (Å²) in [6, 6.07) is 1.57. The van der Waals surface area contributed by atoms with Crippen LogP contribution in [-0.2, 0) is 9.53 Å². The van der Waals surface area contributed by atoms with Gasteiger partial charge in [-0.05, 0) is 40.0 Å². The molecular weight excluding hydrogens is 202 g/mol. The molecule has 0 radical (unpaired) electrons. The van der Waals surface area contributed by atoms with E-state index in [9.17, 15) is 4.79 Å². The third-order valence-electron chi connectivity index (χ3n) is 3.60.